The molecular formula is C14H10FO2. The highest BCUT2D eigenvalue weighted by molar-refractivity contribution is 5.32. The van der Waals surface area contributed by atoms with Crippen LogP contribution in [0, 0.1) is 24.1 Å². The Bertz CT molecular complexity index is 544. The van der Waals surface area contributed by atoms with Crippen LogP contribution in [0.25, 0.3) is 0 Å². The summed E-state index contributed by atoms with van der Waals surface area (Å²) in [6.45, 7) is 1.84. The van der Waals surface area contributed by atoms with E-state index < -0.39 is 0 Å². The second-order valence-corrected chi connectivity index (χ2v) is 3.23. The molecule has 0 saturated heterocycles. The fraction of sp³-hybridized carbons (Fsp3) is 0.0714. The molecule has 0 aliphatic carbocycles. The third-order valence-electron chi connectivity index (χ3n) is 1.95. The van der Waals surface area contributed by atoms with Crippen LogP contribution in [0.3, 0.4) is 0 Å². The van der Waals surface area contributed by atoms with Crippen LogP contribution >= 0.6 is 0 Å². The number of rotatable bonds is 2. The lowest BCUT2D eigenvalue weighted by Gasteiger charge is -2.00. The fourth-order valence-corrected chi connectivity index (χ4v) is 1.20. The molecule has 0 spiro atoms. The van der Waals surface area contributed by atoms with Crippen LogP contribution in [-0.2, 0) is 0 Å². The van der Waals surface area contributed by atoms with Crippen molar-refractivity contribution in [1.29, 1.82) is 0 Å². The average molecular weight is 229 g/mol. The van der Waals surface area contributed by atoms with E-state index in [1.807, 2.05) is 6.92 Å². The Kier molecular flexibility index (Phi) is 3.46. The van der Waals surface area contributed by atoms with Crippen LogP contribution in [0.2, 0.25) is 0 Å². The summed E-state index contributed by atoms with van der Waals surface area (Å²) in [6.07, 6.45) is 1.73. The first-order valence-corrected chi connectivity index (χ1v) is 5.10. The molecule has 0 aliphatic rings. The maximum Gasteiger partial charge on any atom is 0.291 e. The van der Waals surface area contributed by atoms with E-state index in [9.17, 15) is 4.39 Å². The summed E-state index contributed by atoms with van der Waals surface area (Å²) in [4.78, 5) is 0. The maximum absolute atomic E-state index is 12.7. The van der Waals surface area contributed by atoms with Gasteiger partial charge in [0, 0.05) is 12.5 Å². The van der Waals surface area contributed by atoms with Crippen molar-refractivity contribution < 1.29 is 13.5 Å². The molecule has 0 aliphatic heterocycles. The highest BCUT2D eigenvalue weighted by Crippen LogP contribution is 2.23. The van der Waals surface area contributed by atoms with E-state index in [0.717, 1.165) is 0 Å². The Hall–Kier alpha value is -2.21. The van der Waals surface area contributed by atoms with Gasteiger partial charge in [-0.05, 0) is 36.3 Å². The maximum atomic E-state index is 12.7. The van der Waals surface area contributed by atoms with Gasteiger partial charge in [-0.2, -0.15) is 0 Å². The van der Waals surface area contributed by atoms with Crippen LogP contribution in [0.4, 0.5) is 4.39 Å². The van der Waals surface area contributed by atoms with E-state index in [-0.39, 0.29) is 5.82 Å². The van der Waals surface area contributed by atoms with Gasteiger partial charge in [0.05, 0.1) is 0 Å². The Balaban J connectivity index is 2.08. The molecule has 0 unspecified atom stereocenters. The van der Waals surface area contributed by atoms with Gasteiger partial charge in [-0.25, -0.2) is 4.39 Å². The molecule has 2 nitrogen and oxygen atoms in total. The second-order valence-electron chi connectivity index (χ2n) is 3.23. The van der Waals surface area contributed by atoms with E-state index in [0.29, 0.717) is 17.5 Å². The summed E-state index contributed by atoms with van der Waals surface area (Å²) in [6, 6.07) is 9.10. The molecule has 1 heterocycles. The van der Waals surface area contributed by atoms with Crippen molar-refractivity contribution in [2.24, 2.45) is 0 Å². The van der Waals surface area contributed by atoms with E-state index in [1.165, 1.54) is 24.3 Å². The summed E-state index contributed by atoms with van der Waals surface area (Å²) in [5, 5.41) is 0. The van der Waals surface area contributed by atoms with Crippen LogP contribution < -0.4 is 4.74 Å². The zero-order valence-electron chi connectivity index (χ0n) is 9.24. The van der Waals surface area contributed by atoms with Gasteiger partial charge in [-0.1, -0.05) is 12.8 Å². The topological polar surface area (TPSA) is 22.4 Å². The molecular weight excluding hydrogens is 219 g/mol. The van der Waals surface area contributed by atoms with Gasteiger partial charge in [0.1, 0.15) is 11.6 Å². The summed E-state index contributed by atoms with van der Waals surface area (Å²) >= 11 is 0. The molecule has 0 fully saturated rings. The Labute approximate surface area is 99.0 Å². The minimum Gasteiger partial charge on any atom is -0.426 e. The van der Waals surface area contributed by atoms with Crippen molar-refractivity contribution in [3.05, 3.63) is 54.4 Å². The molecule has 2 aromatic rings. The first-order valence-electron chi connectivity index (χ1n) is 5.10. The summed E-state index contributed by atoms with van der Waals surface area (Å²) in [5.74, 6) is 6.64. The number of ether oxygens (including phenoxy) is 1. The van der Waals surface area contributed by atoms with Gasteiger partial charge in [-0.15, -0.1) is 0 Å². The van der Waals surface area contributed by atoms with E-state index in [2.05, 4.69) is 11.8 Å². The standard InChI is InChI=1S/C14H10FO2/c1-2-3-4-12-9-10-14(16-12)17-13-7-5-11(15)6-8-13/h2,5-10H,1H3. The lowest BCUT2D eigenvalue weighted by atomic mass is 10.3. The molecule has 1 aromatic carbocycles. The zero-order chi connectivity index (χ0) is 12.1. The van der Waals surface area contributed by atoms with Crippen LogP contribution in [0.5, 0.6) is 11.7 Å². The monoisotopic (exact) mass is 229 g/mol. The SMILES string of the molecule is C[CH]C#Cc1ccc(Oc2ccc(F)cc2)o1. The summed E-state index contributed by atoms with van der Waals surface area (Å²) in [7, 11) is 0. The van der Waals surface area contributed by atoms with Crippen molar-refractivity contribution in [3.8, 4) is 23.5 Å². The lowest BCUT2D eigenvalue weighted by molar-refractivity contribution is 0.343. The second kappa shape index (κ2) is 5.22. The first-order chi connectivity index (χ1) is 8.28. The van der Waals surface area contributed by atoms with Gasteiger partial charge in [-0.3, -0.25) is 0 Å². The van der Waals surface area contributed by atoms with Crippen LogP contribution in [0.15, 0.2) is 40.8 Å². The minimum atomic E-state index is -0.304. The molecule has 0 N–H and O–H groups in total. The molecule has 0 amide bonds. The Morgan fingerprint density at radius 1 is 1.18 bits per heavy atom. The highest BCUT2D eigenvalue weighted by Gasteiger charge is 2.02. The molecule has 2 rings (SSSR count). The lowest BCUT2D eigenvalue weighted by Crippen LogP contribution is -1.81. The van der Waals surface area contributed by atoms with Crippen molar-refractivity contribution >= 4 is 0 Å². The van der Waals surface area contributed by atoms with Gasteiger partial charge >= 0.3 is 0 Å². The van der Waals surface area contributed by atoms with E-state index >= 15 is 0 Å². The van der Waals surface area contributed by atoms with Crippen LogP contribution in [-0.4, -0.2) is 0 Å². The number of furan rings is 1. The third-order valence-corrected chi connectivity index (χ3v) is 1.95. The number of hydrogen-bond donors (Lipinski definition) is 0. The molecule has 0 atom stereocenters. The molecule has 1 radical (unpaired) electrons. The number of halogens is 1. The normalized spacial score (nSPS) is 9.53. The largest absolute Gasteiger partial charge is 0.426 e. The number of benzene rings is 1. The summed E-state index contributed by atoms with van der Waals surface area (Å²) < 4.78 is 23.4. The van der Waals surface area contributed by atoms with Gasteiger partial charge in [0.2, 0.25) is 0 Å². The molecule has 0 bridgehead atoms. The third kappa shape index (κ3) is 3.12. The molecule has 17 heavy (non-hydrogen) atoms. The average Bonchev–Trinajstić information content (AvgIpc) is 2.77. The predicted molar refractivity (Wildman–Crippen MR) is 62.0 cm³/mol. The van der Waals surface area contributed by atoms with E-state index in [1.54, 1.807) is 18.6 Å². The molecule has 85 valence electrons. The van der Waals surface area contributed by atoms with Gasteiger partial charge in [0.25, 0.3) is 5.95 Å². The zero-order valence-corrected chi connectivity index (χ0v) is 9.24. The van der Waals surface area contributed by atoms with Crippen molar-refractivity contribution in [1.82, 2.24) is 0 Å². The Morgan fingerprint density at radius 3 is 2.65 bits per heavy atom. The van der Waals surface area contributed by atoms with Crippen LogP contribution in [0.1, 0.15) is 12.7 Å². The molecule has 1 aromatic heterocycles. The highest BCUT2D eigenvalue weighted by atomic mass is 19.1. The summed E-state index contributed by atoms with van der Waals surface area (Å²) in [5.41, 5.74) is 0. The van der Waals surface area contributed by atoms with Crippen molar-refractivity contribution in [3.63, 3.8) is 0 Å². The van der Waals surface area contributed by atoms with Gasteiger partial charge < -0.3 is 9.15 Å². The quantitative estimate of drug-likeness (QED) is 0.731. The smallest absolute Gasteiger partial charge is 0.291 e. The van der Waals surface area contributed by atoms with Crippen molar-refractivity contribution in [2.45, 2.75) is 6.92 Å². The molecule has 3 heteroatoms. The molecule has 0 saturated carbocycles. The first kappa shape index (κ1) is 11.3. The fourth-order valence-electron chi connectivity index (χ4n) is 1.20. The predicted octanol–water partition coefficient (Wildman–Crippen LogP) is 3.79. The van der Waals surface area contributed by atoms with Crippen molar-refractivity contribution in [2.75, 3.05) is 0 Å². The Morgan fingerprint density at radius 2 is 1.94 bits per heavy atom. The van der Waals surface area contributed by atoms with E-state index in [4.69, 9.17) is 9.15 Å². The minimum absolute atomic E-state index is 0.304. The number of hydrogen-bond acceptors (Lipinski definition) is 2. The van der Waals surface area contributed by atoms with Gasteiger partial charge in [0.15, 0.2) is 5.76 Å².